The quantitative estimate of drug-likeness (QED) is 0.634. The van der Waals surface area contributed by atoms with Crippen LogP contribution in [-0.4, -0.2) is 46.8 Å². The minimum Gasteiger partial charge on any atom is -0.467 e. The van der Waals surface area contributed by atoms with Gasteiger partial charge in [-0.1, -0.05) is 0 Å². The number of rotatable bonds is 6. The fourth-order valence-electron chi connectivity index (χ4n) is 3.00. The van der Waals surface area contributed by atoms with Gasteiger partial charge in [0.15, 0.2) is 5.11 Å². The maximum absolute atomic E-state index is 11.8. The third kappa shape index (κ3) is 5.59. The van der Waals surface area contributed by atoms with Crippen LogP contribution in [-0.2, 0) is 11.3 Å². The molecule has 3 heterocycles. The zero-order chi connectivity index (χ0) is 19.8. The Bertz CT molecular complexity index is 776. The molecule has 0 saturated carbocycles. The van der Waals surface area contributed by atoms with E-state index >= 15 is 0 Å². The molecule has 2 aromatic rings. The van der Waals surface area contributed by atoms with Gasteiger partial charge in [-0.3, -0.25) is 0 Å². The number of pyridine rings is 1. The molecule has 9 heteroatoms. The Morgan fingerprint density at radius 1 is 1.36 bits per heavy atom. The van der Waals surface area contributed by atoms with Gasteiger partial charge in [0, 0.05) is 25.3 Å². The van der Waals surface area contributed by atoms with Gasteiger partial charge in [-0.25, -0.2) is 9.78 Å². The van der Waals surface area contributed by atoms with Crippen molar-refractivity contribution in [3.8, 4) is 0 Å². The number of nitrogens with zero attached hydrogens (tertiary/aromatic N) is 2. The molecule has 28 heavy (non-hydrogen) atoms. The Kier molecular flexibility index (Phi) is 7.07. The number of carbonyl (C=O) groups excluding carboxylic acids is 1. The van der Waals surface area contributed by atoms with Crippen LogP contribution < -0.4 is 16.0 Å². The van der Waals surface area contributed by atoms with Crippen molar-refractivity contribution >= 4 is 34.9 Å². The monoisotopic (exact) mass is 403 g/mol. The first-order valence-corrected chi connectivity index (χ1v) is 9.77. The van der Waals surface area contributed by atoms with Crippen molar-refractivity contribution in [2.24, 2.45) is 0 Å². The summed E-state index contributed by atoms with van der Waals surface area (Å²) in [6.45, 7) is 4.05. The molecule has 1 fully saturated rings. The van der Waals surface area contributed by atoms with E-state index in [4.69, 9.17) is 21.4 Å². The van der Waals surface area contributed by atoms with Crippen molar-refractivity contribution in [2.75, 3.05) is 30.3 Å². The normalized spacial score (nSPS) is 14.4. The van der Waals surface area contributed by atoms with Crippen LogP contribution in [0.2, 0.25) is 0 Å². The number of piperidine rings is 1. The lowest BCUT2D eigenvalue weighted by molar-refractivity contribution is 0.0964. The van der Waals surface area contributed by atoms with Crippen molar-refractivity contribution in [2.45, 2.75) is 32.4 Å². The van der Waals surface area contributed by atoms with Gasteiger partial charge in [0.1, 0.15) is 11.6 Å². The van der Waals surface area contributed by atoms with Crippen LogP contribution in [0.25, 0.3) is 0 Å². The smallest absolute Gasteiger partial charge is 0.409 e. The molecule has 0 atom stereocenters. The predicted octanol–water partition coefficient (Wildman–Crippen LogP) is 3.19. The molecule has 1 saturated heterocycles. The average molecular weight is 404 g/mol. The summed E-state index contributed by atoms with van der Waals surface area (Å²) in [5, 5.41) is 10.3. The van der Waals surface area contributed by atoms with Gasteiger partial charge in [0.25, 0.3) is 0 Å². The molecular weight excluding hydrogens is 378 g/mol. The van der Waals surface area contributed by atoms with E-state index in [0.717, 1.165) is 24.3 Å². The second-order valence-electron chi connectivity index (χ2n) is 6.39. The summed E-state index contributed by atoms with van der Waals surface area (Å²) in [5.74, 6) is 1.52. The molecular formula is C19H25N5O3S. The summed E-state index contributed by atoms with van der Waals surface area (Å²) >= 11 is 5.46. The van der Waals surface area contributed by atoms with Gasteiger partial charge in [-0.05, 0) is 56.2 Å². The minimum atomic E-state index is -0.246. The lowest BCUT2D eigenvalue weighted by atomic mass is 10.1. The zero-order valence-electron chi connectivity index (χ0n) is 15.8. The maximum atomic E-state index is 11.8. The summed E-state index contributed by atoms with van der Waals surface area (Å²) in [4.78, 5) is 17.9. The Balaban J connectivity index is 1.48. The van der Waals surface area contributed by atoms with Crippen LogP contribution >= 0.6 is 12.2 Å². The Labute approximate surface area is 169 Å². The Morgan fingerprint density at radius 3 is 2.89 bits per heavy atom. The molecule has 0 aromatic carbocycles. The second kappa shape index (κ2) is 9.93. The Hall–Kier alpha value is -2.81. The van der Waals surface area contributed by atoms with E-state index in [1.165, 1.54) is 0 Å². The molecule has 0 aliphatic carbocycles. The summed E-state index contributed by atoms with van der Waals surface area (Å²) < 4.78 is 10.4. The first kappa shape index (κ1) is 19.9. The highest BCUT2D eigenvalue weighted by atomic mass is 32.1. The summed E-state index contributed by atoms with van der Waals surface area (Å²) in [6.07, 6.45) is 4.75. The van der Waals surface area contributed by atoms with Gasteiger partial charge in [-0.15, -0.1) is 0 Å². The highest BCUT2D eigenvalue weighted by molar-refractivity contribution is 7.80. The molecule has 3 rings (SSSR count). The first-order chi connectivity index (χ1) is 13.7. The van der Waals surface area contributed by atoms with Crippen LogP contribution in [0.5, 0.6) is 0 Å². The van der Waals surface area contributed by atoms with Crippen LogP contribution in [0.4, 0.5) is 16.3 Å². The molecule has 0 unspecified atom stereocenters. The number of carbonyl (C=O) groups is 1. The third-order valence-electron chi connectivity index (χ3n) is 4.42. The van der Waals surface area contributed by atoms with E-state index in [1.54, 1.807) is 17.4 Å². The molecule has 0 radical (unpaired) electrons. The van der Waals surface area contributed by atoms with E-state index < -0.39 is 0 Å². The van der Waals surface area contributed by atoms with Crippen molar-refractivity contribution in [3.63, 3.8) is 0 Å². The second-order valence-corrected chi connectivity index (χ2v) is 6.80. The van der Waals surface area contributed by atoms with Crippen LogP contribution in [0.15, 0.2) is 41.1 Å². The standard InChI is InChI=1S/C19H25N5O3S/c1-2-26-19(25)24-10-7-14(8-11-24)22-18(28)23-16-6-3-9-20-17(16)21-13-15-5-4-12-27-15/h3-6,9,12,14H,2,7-8,10-11,13H2,1H3,(H,20,21)(H2,22,23,28). The number of likely N-dealkylation sites (tertiary alicyclic amines) is 1. The third-order valence-corrected chi connectivity index (χ3v) is 4.64. The number of ether oxygens (including phenoxy) is 1. The lowest BCUT2D eigenvalue weighted by Crippen LogP contribution is -2.47. The van der Waals surface area contributed by atoms with Gasteiger partial charge in [0.2, 0.25) is 0 Å². The first-order valence-electron chi connectivity index (χ1n) is 9.36. The van der Waals surface area contributed by atoms with Gasteiger partial charge in [0.05, 0.1) is 25.1 Å². The van der Waals surface area contributed by atoms with Crippen molar-refractivity contribution in [3.05, 3.63) is 42.5 Å². The molecule has 1 aliphatic rings. The molecule has 150 valence electrons. The summed E-state index contributed by atoms with van der Waals surface area (Å²) in [6, 6.07) is 7.72. The van der Waals surface area contributed by atoms with E-state index in [-0.39, 0.29) is 12.1 Å². The molecule has 0 spiro atoms. The lowest BCUT2D eigenvalue weighted by Gasteiger charge is -2.32. The fourth-order valence-corrected chi connectivity index (χ4v) is 3.27. The van der Waals surface area contributed by atoms with Gasteiger partial charge in [-0.2, -0.15) is 0 Å². The maximum Gasteiger partial charge on any atom is 0.409 e. The molecule has 8 nitrogen and oxygen atoms in total. The number of anilines is 2. The Morgan fingerprint density at radius 2 is 2.18 bits per heavy atom. The topological polar surface area (TPSA) is 91.7 Å². The highest BCUT2D eigenvalue weighted by Crippen LogP contribution is 2.19. The SMILES string of the molecule is CCOC(=O)N1CCC(NC(=S)Nc2cccnc2NCc2ccco2)CC1. The molecule has 3 N–H and O–H groups in total. The number of furan rings is 1. The van der Waals surface area contributed by atoms with Crippen LogP contribution in [0.1, 0.15) is 25.5 Å². The van der Waals surface area contributed by atoms with Crippen LogP contribution in [0.3, 0.4) is 0 Å². The highest BCUT2D eigenvalue weighted by Gasteiger charge is 2.24. The number of aromatic nitrogens is 1. The number of hydrogen-bond acceptors (Lipinski definition) is 6. The number of hydrogen-bond donors (Lipinski definition) is 3. The van der Waals surface area contributed by atoms with Crippen molar-refractivity contribution in [1.82, 2.24) is 15.2 Å². The molecule has 0 bridgehead atoms. The molecule has 1 amide bonds. The number of nitrogens with one attached hydrogen (secondary N) is 3. The van der Waals surface area contributed by atoms with E-state index in [1.807, 2.05) is 31.2 Å². The van der Waals surface area contributed by atoms with E-state index in [9.17, 15) is 4.79 Å². The number of thiocarbonyl (C=S) groups is 1. The fraction of sp³-hybridized carbons (Fsp3) is 0.421. The predicted molar refractivity (Wildman–Crippen MR) is 111 cm³/mol. The zero-order valence-corrected chi connectivity index (χ0v) is 16.6. The summed E-state index contributed by atoms with van der Waals surface area (Å²) in [5.41, 5.74) is 0.788. The van der Waals surface area contributed by atoms with Gasteiger partial charge >= 0.3 is 6.09 Å². The van der Waals surface area contributed by atoms with E-state index in [2.05, 4.69) is 20.9 Å². The molecule has 2 aromatic heterocycles. The molecule has 1 aliphatic heterocycles. The van der Waals surface area contributed by atoms with E-state index in [0.29, 0.717) is 37.2 Å². The average Bonchev–Trinajstić information content (AvgIpc) is 3.21. The number of amides is 1. The van der Waals surface area contributed by atoms with Crippen molar-refractivity contribution in [1.29, 1.82) is 0 Å². The van der Waals surface area contributed by atoms with Crippen molar-refractivity contribution < 1.29 is 13.9 Å². The minimum absolute atomic E-state index is 0.210. The summed E-state index contributed by atoms with van der Waals surface area (Å²) in [7, 11) is 0. The van der Waals surface area contributed by atoms with Gasteiger partial charge < -0.3 is 30.0 Å². The van der Waals surface area contributed by atoms with Crippen LogP contribution in [0, 0.1) is 0 Å². The largest absolute Gasteiger partial charge is 0.467 e.